The van der Waals surface area contributed by atoms with Gasteiger partial charge in [-0.2, -0.15) is 0 Å². The second-order valence-corrected chi connectivity index (χ2v) is 4.46. The minimum Gasteiger partial charge on any atom is -0.352 e. The summed E-state index contributed by atoms with van der Waals surface area (Å²) < 4.78 is 0. The highest BCUT2D eigenvalue weighted by molar-refractivity contribution is 5.98. The topological polar surface area (TPSA) is 43.2 Å². The average Bonchev–Trinajstić information content (AvgIpc) is 2.55. The van der Waals surface area contributed by atoms with Crippen LogP contribution in [-0.2, 0) is 9.68 Å². The van der Waals surface area contributed by atoms with Gasteiger partial charge in [0.1, 0.15) is 0 Å². The Hall–Kier alpha value is -2.62. The first-order valence-corrected chi connectivity index (χ1v) is 6.71. The Balaban J connectivity index is 1.80. The molecule has 0 N–H and O–H groups in total. The Morgan fingerprint density at radius 3 is 1.48 bits per heavy atom. The number of nitrogens with zero attached hydrogens (tertiary/aromatic N) is 2. The third-order valence-corrected chi connectivity index (χ3v) is 2.89. The van der Waals surface area contributed by atoms with Gasteiger partial charge in [-0.05, 0) is 25.0 Å². The molecule has 0 saturated heterocycles. The van der Waals surface area contributed by atoms with Gasteiger partial charge in [-0.3, -0.25) is 0 Å². The predicted octanol–water partition coefficient (Wildman–Crippen LogP) is 3.83. The number of rotatable bonds is 6. The average molecular weight is 282 g/mol. The van der Waals surface area contributed by atoms with E-state index in [0.717, 1.165) is 22.6 Å². The van der Waals surface area contributed by atoms with Gasteiger partial charge in [0.05, 0.1) is 11.4 Å². The summed E-state index contributed by atoms with van der Waals surface area (Å²) in [6.45, 7) is 3.75. The Bertz CT molecular complexity index is 552. The van der Waals surface area contributed by atoms with E-state index >= 15 is 0 Å². The number of hydrogen-bond acceptors (Lipinski definition) is 4. The molecular weight excluding hydrogens is 264 g/mol. The third kappa shape index (κ3) is 4.76. The Morgan fingerprint density at radius 1 is 0.714 bits per heavy atom. The van der Waals surface area contributed by atoms with Crippen LogP contribution in [0.3, 0.4) is 0 Å². The Kier molecular flexibility index (Phi) is 5.52. The van der Waals surface area contributed by atoms with Crippen molar-refractivity contribution in [2.75, 3.05) is 6.79 Å². The van der Waals surface area contributed by atoms with Gasteiger partial charge in [-0.25, -0.2) is 0 Å². The number of hydrogen-bond donors (Lipinski definition) is 0. The molecule has 0 heterocycles. The normalized spacial score (nSPS) is 12.1. The maximum atomic E-state index is 5.09. The largest absolute Gasteiger partial charge is 0.352 e. The summed E-state index contributed by atoms with van der Waals surface area (Å²) >= 11 is 0. The minimum atomic E-state index is -0.0195. The molecule has 0 aromatic heterocycles. The lowest BCUT2D eigenvalue weighted by molar-refractivity contribution is -0.0505. The lowest BCUT2D eigenvalue weighted by Crippen LogP contribution is -2.00. The molecule has 0 unspecified atom stereocenters. The van der Waals surface area contributed by atoms with E-state index in [-0.39, 0.29) is 6.79 Å². The fraction of sp³-hybridized carbons (Fsp3) is 0.176. The van der Waals surface area contributed by atoms with Crippen LogP contribution < -0.4 is 0 Å². The third-order valence-electron chi connectivity index (χ3n) is 2.89. The van der Waals surface area contributed by atoms with E-state index in [4.69, 9.17) is 9.68 Å². The molecule has 0 atom stereocenters. The fourth-order valence-corrected chi connectivity index (χ4v) is 1.73. The minimum absolute atomic E-state index is 0.0195. The summed E-state index contributed by atoms with van der Waals surface area (Å²) in [5, 5.41) is 7.97. The quantitative estimate of drug-likeness (QED) is 0.350. The zero-order valence-electron chi connectivity index (χ0n) is 12.2. The zero-order valence-corrected chi connectivity index (χ0v) is 12.2. The first-order chi connectivity index (χ1) is 10.3. The van der Waals surface area contributed by atoms with E-state index in [9.17, 15) is 0 Å². The smallest absolute Gasteiger partial charge is 0.280 e. The SMILES string of the molecule is C/C(=N/OCO/N=C(\C)c1ccccc1)c1ccccc1. The molecule has 0 bridgehead atoms. The van der Waals surface area contributed by atoms with Crippen LogP contribution in [0.4, 0.5) is 0 Å². The summed E-state index contributed by atoms with van der Waals surface area (Å²) in [6.07, 6.45) is 0. The Labute approximate surface area is 124 Å². The van der Waals surface area contributed by atoms with Crippen molar-refractivity contribution in [2.24, 2.45) is 10.3 Å². The van der Waals surface area contributed by atoms with E-state index in [1.807, 2.05) is 74.5 Å². The molecule has 2 aromatic carbocycles. The van der Waals surface area contributed by atoms with Crippen LogP contribution in [0.25, 0.3) is 0 Å². The van der Waals surface area contributed by atoms with Gasteiger partial charge in [0, 0.05) is 0 Å². The molecule has 0 spiro atoms. The lowest BCUT2D eigenvalue weighted by atomic mass is 10.1. The number of benzene rings is 2. The molecule has 0 aliphatic rings. The van der Waals surface area contributed by atoms with Crippen LogP contribution >= 0.6 is 0 Å². The van der Waals surface area contributed by atoms with E-state index in [1.165, 1.54) is 0 Å². The van der Waals surface area contributed by atoms with Crippen LogP contribution in [0.5, 0.6) is 0 Å². The second kappa shape index (κ2) is 7.85. The highest BCUT2D eigenvalue weighted by Gasteiger charge is 1.97. The van der Waals surface area contributed by atoms with Crippen LogP contribution in [0.15, 0.2) is 71.0 Å². The Morgan fingerprint density at radius 2 is 1.10 bits per heavy atom. The van der Waals surface area contributed by atoms with Gasteiger partial charge in [0.15, 0.2) is 0 Å². The van der Waals surface area contributed by atoms with Gasteiger partial charge in [-0.15, -0.1) is 0 Å². The van der Waals surface area contributed by atoms with Crippen molar-refractivity contribution in [3.05, 3.63) is 71.8 Å². The van der Waals surface area contributed by atoms with E-state index < -0.39 is 0 Å². The van der Waals surface area contributed by atoms with Crippen LogP contribution in [-0.4, -0.2) is 18.2 Å². The van der Waals surface area contributed by atoms with Crippen molar-refractivity contribution in [2.45, 2.75) is 13.8 Å². The van der Waals surface area contributed by atoms with Gasteiger partial charge < -0.3 is 9.68 Å². The van der Waals surface area contributed by atoms with Gasteiger partial charge in [-0.1, -0.05) is 71.0 Å². The molecule has 0 radical (unpaired) electrons. The summed E-state index contributed by atoms with van der Waals surface area (Å²) in [5.41, 5.74) is 3.62. The standard InChI is InChI=1S/C17H18N2O2/c1-14(16-9-5-3-6-10-16)18-20-13-21-19-15(2)17-11-7-4-8-12-17/h3-12H,13H2,1-2H3/b18-14-,19-15+. The molecule has 0 aliphatic heterocycles. The molecule has 2 rings (SSSR count). The van der Waals surface area contributed by atoms with E-state index in [1.54, 1.807) is 0 Å². The van der Waals surface area contributed by atoms with Gasteiger partial charge in [0.2, 0.25) is 0 Å². The fourth-order valence-electron chi connectivity index (χ4n) is 1.73. The molecular formula is C17H18N2O2. The summed E-state index contributed by atoms with van der Waals surface area (Å²) in [5.74, 6) is 0. The summed E-state index contributed by atoms with van der Waals surface area (Å²) in [7, 11) is 0. The van der Waals surface area contributed by atoms with Gasteiger partial charge >= 0.3 is 0 Å². The predicted molar refractivity (Wildman–Crippen MR) is 84.3 cm³/mol. The van der Waals surface area contributed by atoms with E-state index in [2.05, 4.69) is 10.3 Å². The van der Waals surface area contributed by atoms with Crippen LogP contribution in [0.1, 0.15) is 25.0 Å². The lowest BCUT2D eigenvalue weighted by Gasteiger charge is -2.03. The molecule has 2 aromatic rings. The van der Waals surface area contributed by atoms with E-state index in [0.29, 0.717) is 0 Å². The first kappa shape index (κ1) is 14.8. The molecule has 0 saturated carbocycles. The van der Waals surface area contributed by atoms with Crippen molar-refractivity contribution in [3.63, 3.8) is 0 Å². The monoisotopic (exact) mass is 282 g/mol. The molecule has 108 valence electrons. The summed E-state index contributed by atoms with van der Waals surface area (Å²) in [6, 6.07) is 19.6. The summed E-state index contributed by atoms with van der Waals surface area (Å²) in [4.78, 5) is 10.2. The molecule has 4 heteroatoms. The van der Waals surface area contributed by atoms with Crippen molar-refractivity contribution in [1.82, 2.24) is 0 Å². The van der Waals surface area contributed by atoms with Crippen molar-refractivity contribution >= 4 is 11.4 Å². The van der Waals surface area contributed by atoms with Gasteiger partial charge in [0.25, 0.3) is 6.79 Å². The highest BCUT2D eigenvalue weighted by Crippen LogP contribution is 2.02. The number of oxime groups is 2. The molecule has 0 fully saturated rings. The maximum absolute atomic E-state index is 5.09. The van der Waals surface area contributed by atoms with Crippen molar-refractivity contribution in [1.29, 1.82) is 0 Å². The molecule has 0 amide bonds. The maximum Gasteiger partial charge on any atom is 0.280 e. The zero-order chi connectivity index (χ0) is 14.9. The molecule has 21 heavy (non-hydrogen) atoms. The van der Waals surface area contributed by atoms with Crippen molar-refractivity contribution < 1.29 is 9.68 Å². The van der Waals surface area contributed by atoms with Crippen LogP contribution in [0, 0.1) is 0 Å². The second-order valence-electron chi connectivity index (χ2n) is 4.46. The molecule has 4 nitrogen and oxygen atoms in total. The first-order valence-electron chi connectivity index (χ1n) is 6.71. The highest BCUT2D eigenvalue weighted by atomic mass is 16.8. The molecule has 0 aliphatic carbocycles. The van der Waals surface area contributed by atoms with Crippen LogP contribution in [0.2, 0.25) is 0 Å². The van der Waals surface area contributed by atoms with Crippen molar-refractivity contribution in [3.8, 4) is 0 Å².